The molecule has 0 saturated carbocycles. The van der Waals surface area contributed by atoms with Gasteiger partial charge in [0.25, 0.3) is 0 Å². The third-order valence-corrected chi connectivity index (χ3v) is 8.07. The second-order valence-electron chi connectivity index (χ2n) is 2.31. The molecule has 0 N–H and O–H groups in total. The lowest BCUT2D eigenvalue weighted by Crippen LogP contribution is -2.30. The molecule has 0 aromatic rings. The highest BCUT2D eigenvalue weighted by atomic mass is 35.7. The number of rotatable bonds is 1. The molecule has 0 bridgehead atoms. The molecule has 1 rings (SSSR count). The van der Waals surface area contributed by atoms with E-state index in [1.54, 1.807) is 0 Å². The maximum Gasteiger partial charge on any atom is 0.233 e. The molecule has 3 nitrogen and oxygen atoms in total. The van der Waals surface area contributed by atoms with Gasteiger partial charge in [0, 0.05) is 0 Å². The quantitative estimate of drug-likeness (QED) is 0.504. The van der Waals surface area contributed by atoms with Crippen molar-refractivity contribution in [2.45, 2.75) is 16.4 Å². The van der Waals surface area contributed by atoms with Crippen molar-refractivity contribution in [2.24, 2.45) is 0 Å². The summed E-state index contributed by atoms with van der Waals surface area (Å²) in [4.78, 5) is 0. The van der Waals surface area contributed by atoms with Gasteiger partial charge in [0.05, 0.1) is 5.75 Å². The van der Waals surface area contributed by atoms with Gasteiger partial charge in [0.2, 0.25) is 3.54 Å². The van der Waals surface area contributed by atoms with E-state index in [4.69, 9.17) is 22.3 Å². The van der Waals surface area contributed by atoms with Crippen LogP contribution >= 0.6 is 22.3 Å². The minimum atomic E-state index is -3.45. The fourth-order valence-corrected chi connectivity index (χ4v) is 5.06. The summed E-state index contributed by atoms with van der Waals surface area (Å²) < 4.78 is 31.3. The van der Waals surface area contributed by atoms with E-state index in [9.17, 15) is 12.6 Å². The van der Waals surface area contributed by atoms with Crippen LogP contribution < -0.4 is 0 Å². The molecule has 0 aliphatic carbocycles. The van der Waals surface area contributed by atoms with Gasteiger partial charge in [-0.3, -0.25) is 0 Å². The van der Waals surface area contributed by atoms with Crippen LogP contribution in [0.2, 0.25) is 0 Å². The second kappa shape index (κ2) is 2.87. The molecular weight excluding hydrogens is 231 g/mol. The van der Waals surface area contributed by atoms with E-state index < -0.39 is 23.4 Å². The molecule has 0 aromatic heterocycles. The Morgan fingerprint density at radius 1 is 1.45 bits per heavy atom. The summed E-state index contributed by atoms with van der Waals surface area (Å²) in [6.45, 7) is 0. The molecule has 0 spiro atoms. The summed E-state index contributed by atoms with van der Waals surface area (Å²) in [7, 11) is -0.308. The summed E-state index contributed by atoms with van der Waals surface area (Å²) in [5.74, 6) is -0.0189. The molecule has 7 heteroatoms. The smallest absolute Gasteiger partial charge is 0.233 e. The van der Waals surface area contributed by atoms with Crippen molar-refractivity contribution >= 4 is 42.1 Å². The zero-order chi connectivity index (χ0) is 8.70. The Morgan fingerprint density at radius 3 is 2.18 bits per heavy atom. The zero-order valence-corrected chi connectivity index (χ0v) is 8.56. The average Bonchev–Trinajstić information content (AvgIpc) is 2.09. The molecule has 0 aromatic carbocycles. The maximum absolute atomic E-state index is 11.1. The van der Waals surface area contributed by atoms with Crippen LogP contribution in [0.5, 0.6) is 0 Å². The number of hydrogen-bond donors (Lipinski definition) is 0. The lowest BCUT2D eigenvalue weighted by atomic mass is 10.4. The van der Waals surface area contributed by atoms with Gasteiger partial charge in [-0.05, 0) is 23.5 Å². The molecule has 66 valence electrons. The topological polar surface area (TPSA) is 51.2 Å². The molecule has 1 aliphatic rings. The number of alkyl halides is 1. The summed E-state index contributed by atoms with van der Waals surface area (Å²) >= 11 is 5.58. The first-order valence-corrected chi connectivity index (χ1v) is 6.90. The third kappa shape index (κ3) is 1.43. The fourth-order valence-electron chi connectivity index (χ4n) is 0.961. The van der Waals surface area contributed by atoms with Gasteiger partial charge in [-0.1, -0.05) is 11.6 Å². The maximum atomic E-state index is 11.1. The molecule has 0 amide bonds. The Kier molecular flexibility index (Phi) is 2.55. The second-order valence-corrected chi connectivity index (χ2v) is 7.98. The summed E-state index contributed by atoms with van der Waals surface area (Å²) in [5, 5.41) is 0. The molecular formula is C4H6Cl2O3S2. The number of halogens is 2. The summed E-state index contributed by atoms with van der Waals surface area (Å²) in [6.07, 6.45) is 0.608. The van der Waals surface area contributed by atoms with Crippen LogP contribution in [-0.4, -0.2) is 21.9 Å². The zero-order valence-electron chi connectivity index (χ0n) is 5.42. The molecule has 1 heterocycles. The highest BCUT2D eigenvalue weighted by Gasteiger charge is 2.51. The molecule has 2 unspecified atom stereocenters. The van der Waals surface area contributed by atoms with E-state index in [1.807, 2.05) is 0 Å². The van der Waals surface area contributed by atoms with Gasteiger partial charge < -0.3 is 0 Å². The van der Waals surface area contributed by atoms with Crippen molar-refractivity contribution in [2.75, 3.05) is 5.75 Å². The normalized spacial score (nSPS) is 38.7. The van der Waals surface area contributed by atoms with E-state index in [-0.39, 0.29) is 12.2 Å². The third-order valence-electron chi connectivity index (χ3n) is 1.59. The minimum Gasteiger partial charge on any atom is -0.240 e. The Bertz CT molecular complexity index is 286. The van der Waals surface area contributed by atoms with E-state index in [1.165, 1.54) is 0 Å². The van der Waals surface area contributed by atoms with Crippen LogP contribution in [0.1, 0.15) is 12.8 Å². The minimum absolute atomic E-state index is 0.0189. The first-order chi connectivity index (χ1) is 4.90. The van der Waals surface area contributed by atoms with Crippen molar-refractivity contribution in [1.82, 2.24) is 0 Å². The Morgan fingerprint density at radius 2 is 2.00 bits per heavy atom. The Labute approximate surface area is 76.9 Å². The summed E-state index contributed by atoms with van der Waals surface area (Å²) in [6, 6.07) is 0. The monoisotopic (exact) mass is 236 g/mol. The van der Waals surface area contributed by atoms with Gasteiger partial charge in [-0.25, -0.2) is 12.6 Å². The predicted octanol–water partition coefficient (Wildman–Crippen LogP) is 0.990. The van der Waals surface area contributed by atoms with Crippen LogP contribution in [0, 0.1) is 0 Å². The Balaban J connectivity index is 3.14. The summed E-state index contributed by atoms with van der Waals surface area (Å²) in [5.41, 5.74) is 0. The van der Waals surface area contributed by atoms with E-state index in [0.717, 1.165) is 0 Å². The average molecular weight is 237 g/mol. The highest BCUT2D eigenvalue weighted by Crippen LogP contribution is 2.40. The van der Waals surface area contributed by atoms with Crippen molar-refractivity contribution in [3.8, 4) is 0 Å². The molecule has 1 aliphatic heterocycles. The molecule has 11 heavy (non-hydrogen) atoms. The molecule has 0 radical (unpaired) electrons. The van der Waals surface area contributed by atoms with Crippen LogP contribution in [0.15, 0.2) is 0 Å². The van der Waals surface area contributed by atoms with Crippen LogP contribution in [-0.2, 0) is 19.9 Å². The first-order valence-electron chi connectivity index (χ1n) is 2.89. The van der Waals surface area contributed by atoms with Crippen molar-refractivity contribution in [3.63, 3.8) is 0 Å². The lowest BCUT2D eigenvalue weighted by molar-refractivity contribution is 0.595. The standard InChI is InChI=1S/C4H6Cl2O3S2/c5-4(10(6)7)2-1-3-11(4,8)9/h1-3H2. The molecule has 2 atom stereocenters. The first kappa shape index (κ1) is 9.77. The van der Waals surface area contributed by atoms with Crippen LogP contribution in [0.3, 0.4) is 0 Å². The highest BCUT2D eigenvalue weighted by molar-refractivity contribution is 8.21. The Hall–Kier alpha value is 0.680. The van der Waals surface area contributed by atoms with E-state index in [2.05, 4.69) is 0 Å². The van der Waals surface area contributed by atoms with Gasteiger partial charge in [0.1, 0.15) is 0 Å². The molecule has 1 fully saturated rings. The number of sulfone groups is 1. The van der Waals surface area contributed by atoms with Gasteiger partial charge >= 0.3 is 0 Å². The van der Waals surface area contributed by atoms with Crippen molar-refractivity contribution in [1.29, 1.82) is 0 Å². The lowest BCUT2D eigenvalue weighted by Gasteiger charge is -2.13. The van der Waals surface area contributed by atoms with Crippen LogP contribution in [0.25, 0.3) is 0 Å². The van der Waals surface area contributed by atoms with E-state index in [0.29, 0.717) is 6.42 Å². The van der Waals surface area contributed by atoms with Gasteiger partial charge in [-0.2, -0.15) is 0 Å². The molecule has 1 saturated heterocycles. The van der Waals surface area contributed by atoms with Gasteiger partial charge in [-0.15, -0.1) is 0 Å². The number of hydrogen-bond acceptors (Lipinski definition) is 3. The largest absolute Gasteiger partial charge is 0.240 e. The van der Waals surface area contributed by atoms with Crippen LogP contribution in [0.4, 0.5) is 0 Å². The SMILES string of the molecule is O=S(Cl)C1(Cl)CCCS1(=O)=O. The van der Waals surface area contributed by atoms with E-state index >= 15 is 0 Å². The fraction of sp³-hybridized carbons (Fsp3) is 1.00. The van der Waals surface area contributed by atoms with Crippen molar-refractivity contribution in [3.05, 3.63) is 0 Å². The van der Waals surface area contributed by atoms with Gasteiger partial charge in [0.15, 0.2) is 19.9 Å². The van der Waals surface area contributed by atoms with Crippen molar-refractivity contribution < 1.29 is 12.6 Å². The predicted molar refractivity (Wildman–Crippen MR) is 45.6 cm³/mol.